The molecule has 5 heteroatoms. The maximum Gasteiger partial charge on any atom is 0.129 e. The Morgan fingerprint density at radius 2 is 1.83 bits per heavy atom. The number of hydrazine groups is 1. The number of hydrogen-bond donors (Lipinski definition) is 3. The van der Waals surface area contributed by atoms with Crippen LogP contribution >= 0.6 is 0 Å². The predicted molar refractivity (Wildman–Crippen MR) is 50.2 cm³/mol. The molecule has 0 spiro atoms. The molecule has 0 amide bonds. The summed E-state index contributed by atoms with van der Waals surface area (Å²) in [5.41, 5.74) is 6.95. The quantitative estimate of drug-likeness (QED) is 0.187. The first-order valence-corrected chi connectivity index (χ1v) is 3.37. The molecule has 0 atom stereocenters. The smallest absolute Gasteiger partial charge is 0.129 e. The van der Waals surface area contributed by atoms with E-state index < -0.39 is 0 Å². The van der Waals surface area contributed by atoms with Crippen molar-refractivity contribution < 1.29 is 0 Å². The second-order valence-corrected chi connectivity index (χ2v) is 2.26. The van der Waals surface area contributed by atoms with Crippen LogP contribution in [0.2, 0.25) is 0 Å². The van der Waals surface area contributed by atoms with Gasteiger partial charge in [-0.1, -0.05) is 0 Å². The van der Waals surface area contributed by atoms with Gasteiger partial charge in [-0.25, -0.2) is 5.84 Å². The fraction of sp³-hybridized carbons (Fsp3) is 0. The Labute approximate surface area is 70.4 Å². The Kier molecular flexibility index (Phi) is 2.49. The molecule has 0 saturated carbocycles. The monoisotopic (exact) mass is 165 g/mol. The van der Waals surface area contributed by atoms with Gasteiger partial charge in [0, 0.05) is 5.69 Å². The van der Waals surface area contributed by atoms with Crippen molar-refractivity contribution in [3.05, 3.63) is 24.3 Å². The first-order chi connectivity index (χ1) is 5.74. The van der Waals surface area contributed by atoms with Crippen molar-refractivity contribution in [3.63, 3.8) is 0 Å². The molecule has 6 N–H and O–H groups in total. The lowest BCUT2D eigenvalue weighted by Gasteiger charge is -2.11. The van der Waals surface area contributed by atoms with Crippen molar-refractivity contribution in [2.24, 2.45) is 16.8 Å². The maximum absolute atomic E-state index is 5.52. The number of nitrogens with two attached hydrogens (primary N) is 3. The molecule has 5 nitrogen and oxygen atoms in total. The fourth-order valence-electron chi connectivity index (χ4n) is 0.785. The number of hydrazone groups is 1. The summed E-state index contributed by atoms with van der Waals surface area (Å²) in [6, 6.07) is 7.05. The van der Waals surface area contributed by atoms with Crippen LogP contribution in [-0.2, 0) is 0 Å². The average Bonchev–Trinajstić information content (AvgIpc) is 2.06. The van der Waals surface area contributed by atoms with Crippen LogP contribution in [0, 0.1) is 0 Å². The third kappa shape index (κ3) is 1.86. The molecule has 1 aromatic rings. The second-order valence-electron chi connectivity index (χ2n) is 2.26. The molecular weight excluding hydrogens is 154 g/mol. The molecule has 0 aromatic heterocycles. The van der Waals surface area contributed by atoms with E-state index in [-0.39, 0.29) is 0 Å². The van der Waals surface area contributed by atoms with Gasteiger partial charge in [0.1, 0.15) is 6.34 Å². The number of rotatable bonds is 2. The summed E-state index contributed by atoms with van der Waals surface area (Å²) >= 11 is 0. The van der Waals surface area contributed by atoms with Gasteiger partial charge in [-0.3, -0.25) is 5.01 Å². The van der Waals surface area contributed by atoms with Gasteiger partial charge in [-0.2, -0.15) is 5.10 Å². The Balaban J connectivity index is 2.82. The number of anilines is 2. The van der Waals surface area contributed by atoms with Crippen LogP contribution in [0.3, 0.4) is 0 Å². The summed E-state index contributed by atoms with van der Waals surface area (Å²) < 4.78 is 0. The Bertz CT molecular complexity index is 266. The van der Waals surface area contributed by atoms with Gasteiger partial charge in [0.2, 0.25) is 0 Å². The third-order valence-corrected chi connectivity index (χ3v) is 1.38. The molecule has 1 aromatic carbocycles. The number of nitrogen functional groups attached to an aromatic ring is 1. The molecule has 0 unspecified atom stereocenters. The Morgan fingerprint density at radius 3 is 2.33 bits per heavy atom. The van der Waals surface area contributed by atoms with E-state index in [0.717, 1.165) is 5.69 Å². The van der Waals surface area contributed by atoms with Crippen LogP contribution in [0.15, 0.2) is 29.4 Å². The van der Waals surface area contributed by atoms with Crippen LogP contribution in [0.4, 0.5) is 11.4 Å². The van der Waals surface area contributed by atoms with Crippen LogP contribution in [0.25, 0.3) is 0 Å². The van der Waals surface area contributed by atoms with Gasteiger partial charge in [0.05, 0.1) is 5.69 Å². The standard InChI is InChI=1S/C7H11N5/c8-6-1-3-7(4-2-6)12(10)5-11-9/h1-5H,8-10H2/b11-5-. The van der Waals surface area contributed by atoms with Crippen LogP contribution < -0.4 is 22.4 Å². The zero-order chi connectivity index (χ0) is 8.97. The first-order valence-electron chi connectivity index (χ1n) is 3.37. The molecule has 0 fully saturated rings. The van der Waals surface area contributed by atoms with Gasteiger partial charge < -0.3 is 11.6 Å². The van der Waals surface area contributed by atoms with Gasteiger partial charge >= 0.3 is 0 Å². The molecule has 0 radical (unpaired) electrons. The number of nitrogens with zero attached hydrogens (tertiary/aromatic N) is 2. The summed E-state index contributed by atoms with van der Waals surface area (Å²) in [4.78, 5) is 0. The molecule has 0 heterocycles. The van der Waals surface area contributed by atoms with Crippen LogP contribution in [0.1, 0.15) is 0 Å². The molecule has 0 saturated heterocycles. The number of benzene rings is 1. The summed E-state index contributed by atoms with van der Waals surface area (Å²) in [6.07, 6.45) is 1.31. The minimum atomic E-state index is 0.692. The van der Waals surface area contributed by atoms with Gasteiger partial charge in [0.25, 0.3) is 0 Å². The molecule has 0 aliphatic heterocycles. The molecule has 0 aliphatic rings. The molecule has 0 bridgehead atoms. The molecule has 1 rings (SSSR count). The minimum absolute atomic E-state index is 0.692. The molecule has 12 heavy (non-hydrogen) atoms. The second kappa shape index (κ2) is 3.59. The SMILES string of the molecule is N/N=C\N(N)c1ccc(N)cc1. The molecule has 0 aliphatic carbocycles. The normalized spacial score (nSPS) is 10.4. The first kappa shape index (κ1) is 8.35. The highest BCUT2D eigenvalue weighted by atomic mass is 15.4. The van der Waals surface area contributed by atoms with Crippen molar-refractivity contribution in [1.29, 1.82) is 0 Å². The van der Waals surface area contributed by atoms with E-state index in [1.165, 1.54) is 11.3 Å². The topological polar surface area (TPSA) is 93.7 Å². The minimum Gasteiger partial charge on any atom is -0.399 e. The summed E-state index contributed by atoms with van der Waals surface area (Å²) in [5, 5.41) is 4.58. The summed E-state index contributed by atoms with van der Waals surface area (Å²) in [5.74, 6) is 10.4. The van der Waals surface area contributed by atoms with Gasteiger partial charge in [-0.05, 0) is 24.3 Å². The van der Waals surface area contributed by atoms with Gasteiger partial charge in [-0.15, -0.1) is 0 Å². The predicted octanol–water partition coefficient (Wildman–Crippen LogP) is -0.149. The highest BCUT2D eigenvalue weighted by molar-refractivity contribution is 5.77. The van der Waals surface area contributed by atoms with Crippen LogP contribution in [0.5, 0.6) is 0 Å². The molecule has 64 valence electrons. The van der Waals surface area contributed by atoms with E-state index in [0.29, 0.717) is 5.69 Å². The van der Waals surface area contributed by atoms with Crippen molar-refractivity contribution in [3.8, 4) is 0 Å². The zero-order valence-corrected chi connectivity index (χ0v) is 6.51. The lowest BCUT2D eigenvalue weighted by molar-refractivity contribution is 1.12. The fourth-order valence-corrected chi connectivity index (χ4v) is 0.785. The lowest BCUT2D eigenvalue weighted by atomic mass is 10.3. The van der Waals surface area contributed by atoms with Crippen molar-refractivity contribution >= 4 is 17.7 Å². The molecular formula is C7H11N5. The average molecular weight is 165 g/mol. The Hall–Kier alpha value is -1.75. The third-order valence-electron chi connectivity index (χ3n) is 1.38. The summed E-state index contributed by atoms with van der Waals surface area (Å²) in [6.45, 7) is 0. The van der Waals surface area contributed by atoms with E-state index in [1.54, 1.807) is 24.3 Å². The van der Waals surface area contributed by atoms with Crippen molar-refractivity contribution in [2.45, 2.75) is 0 Å². The zero-order valence-electron chi connectivity index (χ0n) is 6.51. The maximum atomic E-state index is 5.52. The van der Waals surface area contributed by atoms with Crippen molar-refractivity contribution in [2.75, 3.05) is 10.7 Å². The van der Waals surface area contributed by atoms with E-state index in [4.69, 9.17) is 17.4 Å². The highest BCUT2D eigenvalue weighted by Crippen LogP contribution is 2.11. The lowest BCUT2D eigenvalue weighted by Crippen LogP contribution is -2.29. The highest BCUT2D eigenvalue weighted by Gasteiger charge is 1.95. The Morgan fingerprint density at radius 1 is 1.25 bits per heavy atom. The van der Waals surface area contributed by atoms with E-state index in [1.807, 2.05) is 0 Å². The largest absolute Gasteiger partial charge is 0.399 e. The number of hydrogen-bond acceptors (Lipinski definition) is 4. The van der Waals surface area contributed by atoms with E-state index in [9.17, 15) is 0 Å². The van der Waals surface area contributed by atoms with Crippen LogP contribution in [-0.4, -0.2) is 6.34 Å². The van der Waals surface area contributed by atoms with Crippen molar-refractivity contribution in [1.82, 2.24) is 0 Å². The summed E-state index contributed by atoms with van der Waals surface area (Å²) in [7, 11) is 0. The van der Waals surface area contributed by atoms with E-state index in [2.05, 4.69) is 5.10 Å². The van der Waals surface area contributed by atoms with E-state index >= 15 is 0 Å². The van der Waals surface area contributed by atoms with Gasteiger partial charge in [0.15, 0.2) is 0 Å².